The average molecular weight is 185 g/mol. The molecule has 4 nitrogen and oxygen atoms in total. The Morgan fingerprint density at radius 2 is 2.15 bits per heavy atom. The van der Waals surface area contributed by atoms with Crippen molar-refractivity contribution in [2.75, 3.05) is 45.9 Å². The minimum absolute atomic E-state index is 0.350. The van der Waals surface area contributed by atoms with Gasteiger partial charge in [0.05, 0.1) is 19.8 Å². The number of nitrogens with one attached hydrogen (secondary N) is 1. The van der Waals surface area contributed by atoms with Gasteiger partial charge in [-0.15, -0.1) is 0 Å². The predicted molar refractivity (Wildman–Crippen MR) is 50.4 cm³/mol. The first-order valence-electron chi connectivity index (χ1n) is 4.79. The monoisotopic (exact) mass is 185 g/mol. The van der Waals surface area contributed by atoms with Crippen LogP contribution in [0.4, 0.5) is 0 Å². The molecule has 1 fully saturated rings. The summed E-state index contributed by atoms with van der Waals surface area (Å²) in [6.07, 6.45) is 2.90. The lowest BCUT2D eigenvalue weighted by Crippen LogP contribution is -2.37. The molecule has 1 heterocycles. The van der Waals surface area contributed by atoms with E-state index in [1.807, 2.05) is 6.29 Å². The second-order valence-corrected chi connectivity index (χ2v) is 3.13. The van der Waals surface area contributed by atoms with E-state index >= 15 is 0 Å². The van der Waals surface area contributed by atoms with Crippen molar-refractivity contribution in [2.24, 2.45) is 0 Å². The van der Waals surface area contributed by atoms with Gasteiger partial charge in [0, 0.05) is 13.1 Å². The van der Waals surface area contributed by atoms with E-state index in [1.165, 1.54) is 0 Å². The van der Waals surface area contributed by atoms with Crippen LogP contribution in [-0.4, -0.2) is 57.1 Å². The molecule has 75 valence electrons. The highest BCUT2D eigenvalue weighted by Gasteiger charge is 2.08. The third kappa shape index (κ3) is 4.98. The van der Waals surface area contributed by atoms with Crippen LogP contribution < -0.4 is 5.32 Å². The summed E-state index contributed by atoms with van der Waals surface area (Å²) < 4.78 is 5.24. The number of morpholine rings is 1. The molecule has 0 atom stereocenters. The molecule has 0 aromatic carbocycles. The number of rotatable bonds is 6. The molecule has 4 heteroatoms. The number of ether oxygens (including phenoxy) is 1. The first kappa shape index (κ1) is 10.6. The van der Waals surface area contributed by atoms with E-state index in [9.17, 15) is 4.79 Å². The van der Waals surface area contributed by atoms with Gasteiger partial charge in [-0.25, -0.2) is 0 Å². The SMILES string of the molecule is O=[C]CNCCCN1CCOCC1. The maximum absolute atomic E-state index is 9.86. The summed E-state index contributed by atoms with van der Waals surface area (Å²) in [5.74, 6) is 0. The molecule has 0 bridgehead atoms. The third-order valence-corrected chi connectivity index (χ3v) is 2.13. The van der Waals surface area contributed by atoms with Crippen molar-refractivity contribution in [2.45, 2.75) is 6.42 Å². The van der Waals surface area contributed by atoms with E-state index in [0.717, 1.165) is 45.8 Å². The average Bonchev–Trinajstić information content (AvgIpc) is 2.19. The fraction of sp³-hybridized carbons (Fsp3) is 0.889. The van der Waals surface area contributed by atoms with Crippen molar-refractivity contribution < 1.29 is 9.53 Å². The van der Waals surface area contributed by atoms with Gasteiger partial charge in [-0.2, -0.15) is 0 Å². The molecule has 13 heavy (non-hydrogen) atoms. The molecular weight excluding hydrogens is 168 g/mol. The van der Waals surface area contributed by atoms with Crippen LogP contribution in [0.15, 0.2) is 0 Å². The molecule has 1 saturated heterocycles. The second-order valence-electron chi connectivity index (χ2n) is 3.13. The highest BCUT2D eigenvalue weighted by molar-refractivity contribution is 5.52. The van der Waals surface area contributed by atoms with Crippen molar-refractivity contribution >= 4 is 6.29 Å². The molecule has 0 unspecified atom stereocenters. The quantitative estimate of drug-likeness (QED) is 0.561. The minimum Gasteiger partial charge on any atom is -0.379 e. The Labute approximate surface area is 79.2 Å². The second kappa shape index (κ2) is 7.00. The van der Waals surface area contributed by atoms with Gasteiger partial charge in [-0.3, -0.25) is 9.69 Å². The zero-order valence-electron chi connectivity index (χ0n) is 7.92. The van der Waals surface area contributed by atoms with Gasteiger partial charge >= 0.3 is 0 Å². The lowest BCUT2D eigenvalue weighted by atomic mass is 10.3. The summed E-state index contributed by atoms with van der Waals surface area (Å²) in [6, 6.07) is 0. The Morgan fingerprint density at radius 3 is 2.85 bits per heavy atom. The molecular formula is C9H17N2O2. The van der Waals surface area contributed by atoms with Crippen LogP contribution in [0.25, 0.3) is 0 Å². The molecule has 1 aliphatic rings. The van der Waals surface area contributed by atoms with Crippen molar-refractivity contribution in [3.63, 3.8) is 0 Å². The van der Waals surface area contributed by atoms with E-state index in [4.69, 9.17) is 4.74 Å². The molecule has 0 saturated carbocycles. The van der Waals surface area contributed by atoms with Gasteiger partial charge < -0.3 is 10.1 Å². The summed E-state index contributed by atoms with van der Waals surface area (Å²) in [5.41, 5.74) is 0. The number of hydrogen-bond donors (Lipinski definition) is 1. The molecule has 0 spiro atoms. The Kier molecular flexibility index (Phi) is 5.73. The molecule has 1 radical (unpaired) electrons. The highest BCUT2D eigenvalue weighted by atomic mass is 16.5. The van der Waals surface area contributed by atoms with Crippen LogP contribution in [0.3, 0.4) is 0 Å². The fourth-order valence-electron chi connectivity index (χ4n) is 1.39. The standard InChI is InChI=1S/C9H17N2O2/c12-7-3-10-2-1-4-11-5-8-13-9-6-11/h10H,1-6,8-9H2. The van der Waals surface area contributed by atoms with E-state index in [0.29, 0.717) is 6.54 Å². The summed E-state index contributed by atoms with van der Waals surface area (Å²) in [6.45, 7) is 6.13. The molecule has 1 N–H and O–H groups in total. The van der Waals surface area contributed by atoms with E-state index < -0.39 is 0 Å². The topological polar surface area (TPSA) is 41.6 Å². The molecule has 0 amide bonds. The van der Waals surface area contributed by atoms with Crippen LogP contribution in [0.1, 0.15) is 6.42 Å². The largest absolute Gasteiger partial charge is 0.379 e. The number of carbonyl (C=O) groups excluding carboxylic acids is 1. The predicted octanol–water partition coefficient (Wildman–Crippen LogP) is -0.592. The van der Waals surface area contributed by atoms with Crippen molar-refractivity contribution in [1.29, 1.82) is 0 Å². The fourth-order valence-corrected chi connectivity index (χ4v) is 1.39. The zero-order chi connectivity index (χ0) is 9.36. The Morgan fingerprint density at radius 1 is 1.38 bits per heavy atom. The summed E-state index contributed by atoms with van der Waals surface area (Å²) in [5, 5.41) is 2.99. The van der Waals surface area contributed by atoms with Crippen LogP contribution in [0.5, 0.6) is 0 Å². The van der Waals surface area contributed by atoms with Gasteiger partial charge in [-0.05, 0) is 19.5 Å². The van der Waals surface area contributed by atoms with Crippen molar-refractivity contribution in [3.8, 4) is 0 Å². The molecule has 0 aromatic heterocycles. The van der Waals surface area contributed by atoms with E-state index in [-0.39, 0.29) is 0 Å². The Balaban J connectivity index is 1.89. The van der Waals surface area contributed by atoms with Crippen molar-refractivity contribution in [3.05, 3.63) is 0 Å². The van der Waals surface area contributed by atoms with E-state index in [2.05, 4.69) is 10.2 Å². The summed E-state index contributed by atoms with van der Waals surface area (Å²) in [4.78, 5) is 12.2. The number of nitrogens with zero attached hydrogens (tertiary/aromatic N) is 1. The maximum atomic E-state index is 9.86. The van der Waals surface area contributed by atoms with Crippen LogP contribution in [0.2, 0.25) is 0 Å². The Hall–Kier alpha value is -0.450. The first-order chi connectivity index (χ1) is 6.43. The summed E-state index contributed by atoms with van der Waals surface area (Å²) >= 11 is 0. The number of hydrogen-bond acceptors (Lipinski definition) is 4. The lowest BCUT2D eigenvalue weighted by Gasteiger charge is -2.26. The van der Waals surface area contributed by atoms with Gasteiger partial charge in [0.25, 0.3) is 0 Å². The van der Waals surface area contributed by atoms with Gasteiger partial charge in [0.1, 0.15) is 0 Å². The van der Waals surface area contributed by atoms with Crippen LogP contribution >= 0.6 is 0 Å². The summed E-state index contributed by atoms with van der Waals surface area (Å²) in [7, 11) is 0. The van der Waals surface area contributed by atoms with Crippen LogP contribution in [0, 0.1) is 0 Å². The zero-order valence-corrected chi connectivity index (χ0v) is 7.92. The normalized spacial score (nSPS) is 18.8. The van der Waals surface area contributed by atoms with Crippen molar-refractivity contribution in [1.82, 2.24) is 10.2 Å². The first-order valence-corrected chi connectivity index (χ1v) is 4.79. The lowest BCUT2D eigenvalue weighted by molar-refractivity contribution is 0.0375. The van der Waals surface area contributed by atoms with Gasteiger partial charge in [0.15, 0.2) is 0 Å². The smallest absolute Gasteiger partial charge is 0.213 e. The molecule has 1 aliphatic heterocycles. The molecule has 0 aliphatic carbocycles. The minimum atomic E-state index is 0.350. The van der Waals surface area contributed by atoms with Crippen LogP contribution in [-0.2, 0) is 9.53 Å². The highest BCUT2D eigenvalue weighted by Crippen LogP contribution is 1.96. The molecule has 0 aromatic rings. The maximum Gasteiger partial charge on any atom is 0.213 e. The van der Waals surface area contributed by atoms with Gasteiger partial charge in [0.2, 0.25) is 6.29 Å². The Bertz CT molecular complexity index is 136. The van der Waals surface area contributed by atoms with Gasteiger partial charge in [-0.1, -0.05) is 0 Å². The molecule has 1 rings (SSSR count). The van der Waals surface area contributed by atoms with E-state index in [1.54, 1.807) is 0 Å². The third-order valence-electron chi connectivity index (χ3n) is 2.13.